The van der Waals surface area contributed by atoms with Gasteiger partial charge < -0.3 is 15.4 Å². The van der Waals surface area contributed by atoms with E-state index < -0.39 is 0 Å². The summed E-state index contributed by atoms with van der Waals surface area (Å²) in [4.78, 5) is 6.61. The summed E-state index contributed by atoms with van der Waals surface area (Å²) in [7, 11) is 1.65. The molecule has 1 aromatic carbocycles. The van der Waals surface area contributed by atoms with Crippen LogP contribution < -0.4 is 10.5 Å². The molecule has 0 radical (unpaired) electrons. The summed E-state index contributed by atoms with van der Waals surface area (Å²) in [6.45, 7) is 4.68. The molecule has 0 aliphatic carbocycles. The van der Waals surface area contributed by atoms with Crippen LogP contribution in [0.1, 0.15) is 25.5 Å². The number of aromatic nitrogens is 3. The van der Waals surface area contributed by atoms with Gasteiger partial charge in [-0.2, -0.15) is 0 Å². The number of likely N-dealkylation sites (tertiary alicyclic amines) is 1. The molecular weight excluding hydrogens is 304 g/mol. The van der Waals surface area contributed by atoms with E-state index in [1.165, 1.54) is 12.8 Å². The van der Waals surface area contributed by atoms with E-state index in [9.17, 15) is 0 Å². The number of hydrogen-bond donors (Lipinski definition) is 1. The first-order valence-electron chi connectivity index (χ1n) is 8.26. The Bertz CT molecular complexity index is 685. The highest BCUT2D eigenvalue weighted by molar-refractivity contribution is 5.78. The van der Waals surface area contributed by atoms with Crippen molar-refractivity contribution < 1.29 is 4.74 Å². The van der Waals surface area contributed by atoms with Crippen molar-refractivity contribution in [2.45, 2.75) is 26.3 Å². The summed E-state index contributed by atoms with van der Waals surface area (Å²) < 4.78 is 6.88. The van der Waals surface area contributed by atoms with E-state index in [0.29, 0.717) is 12.5 Å². The maximum Gasteiger partial charge on any atom is 0.191 e. The van der Waals surface area contributed by atoms with Gasteiger partial charge in [0.05, 0.1) is 25.5 Å². The molecule has 2 heterocycles. The number of nitrogens with zero attached hydrogens (tertiary/aromatic N) is 5. The van der Waals surface area contributed by atoms with Crippen LogP contribution in [0, 0.1) is 5.92 Å². The standard InChI is InChI=1S/C17H24N6O/c1-13-7-9-22(10-8-13)17(18)19-11-14-12-23(21-20-14)15-3-5-16(24-2)6-4-15/h3-6,12-13H,7-11H2,1-2H3,(H2,18,19). The second kappa shape index (κ2) is 7.33. The molecule has 24 heavy (non-hydrogen) atoms. The number of ether oxygens (including phenoxy) is 1. The molecule has 1 saturated heterocycles. The Morgan fingerprint density at radius 3 is 2.67 bits per heavy atom. The average Bonchev–Trinajstić information content (AvgIpc) is 3.09. The maximum atomic E-state index is 6.10. The third kappa shape index (κ3) is 3.84. The van der Waals surface area contributed by atoms with Crippen molar-refractivity contribution in [3.05, 3.63) is 36.2 Å². The number of hydrogen-bond acceptors (Lipinski definition) is 4. The molecule has 1 aliphatic heterocycles. The fourth-order valence-electron chi connectivity index (χ4n) is 2.73. The van der Waals surface area contributed by atoms with Gasteiger partial charge in [0.2, 0.25) is 0 Å². The fraction of sp³-hybridized carbons (Fsp3) is 0.471. The minimum absolute atomic E-state index is 0.439. The minimum Gasteiger partial charge on any atom is -0.497 e. The average molecular weight is 328 g/mol. The molecule has 3 rings (SSSR count). The van der Waals surface area contributed by atoms with Gasteiger partial charge in [-0.05, 0) is 43.0 Å². The highest BCUT2D eigenvalue weighted by atomic mass is 16.5. The molecule has 0 unspecified atom stereocenters. The predicted molar refractivity (Wildman–Crippen MR) is 93.2 cm³/mol. The van der Waals surface area contributed by atoms with E-state index in [2.05, 4.69) is 27.1 Å². The van der Waals surface area contributed by atoms with Crippen molar-refractivity contribution in [3.63, 3.8) is 0 Å². The van der Waals surface area contributed by atoms with Gasteiger partial charge >= 0.3 is 0 Å². The van der Waals surface area contributed by atoms with Gasteiger partial charge in [0.1, 0.15) is 11.4 Å². The first kappa shape index (κ1) is 16.3. The number of benzene rings is 1. The molecule has 0 saturated carbocycles. The Balaban J connectivity index is 1.62. The third-order valence-electron chi connectivity index (χ3n) is 4.39. The van der Waals surface area contributed by atoms with Crippen molar-refractivity contribution in [3.8, 4) is 11.4 Å². The number of aliphatic imine (C=N–C) groups is 1. The van der Waals surface area contributed by atoms with Gasteiger partial charge in [0.15, 0.2) is 5.96 Å². The number of nitrogens with two attached hydrogens (primary N) is 1. The summed E-state index contributed by atoms with van der Waals surface area (Å²) in [6, 6.07) is 7.65. The van der Waals surface area contributed by atoms with Crippen LogP contribution in [0.4, 0.5) is 0 Å². The quantitative estimate of drug-likeness (QED) is 0.684. The van der Waals surface area contributed by atoms with Crippen molar-refractivity contribution in [2.75, 3.05) is 20.2 Å². The number of rotatable bonds is 4. The van der Waals surface area contributed by atoms with Crippen LogP contribution in [0.15, 0.2) is 35.5 Å². The molecule has 0 amide bonds. The molecule has 0 spiro atoms. The molecule has 1 aliphatic rings. The number of guanidine groups is 1. The van der Waals surface area contributed by atoms with Gasteiger partial charge in [-0.15, -0.1) is 5.10 Å². The molecule has 2 aromatic rings. The Morgan fingerprint density at radius 1 is 1.29 bits per heavy atom. The van der Waals surface area contributed by atoms with Gasteiger partial charge in [-0.3, -0.25) is 0 Å². The Hall–Kier alpha value is -2.57. The number of piperidine rings is 1. The van der Waals surface area contributed by atoms with Crippen LogP contribution >= 0.6 is 0 Å². The molecule has 0 atom stereocenters. The van der Waals surface area contributed by atoms with E-state index in [1.807, 2.05) is 30.5 Å². The van der Waals surface area contributed by atoms with E-state index in [4.69, 9.17) is 10.5 Å². The maximum absolute atomic E-state index is 6.10. The largest absolute Gasteiger partial charge is 0.497 e. The van der Waals surface area contributed by atoms with E-state index in [-0.39, 0.29) is 0 Å². The normalized spacial score (nSPS) is 16.4. The first-order chi connectivity index (χ1) is 11.7. The van der Waals surface area contributed by atoms with Gasteiger partial charge in [0, 0.05) is 13.1 Å². The molecule has 7 heteroatoms. The zero-order chi connectivity index (χ0) is 16.9. The van der Waals surface area contributed by atoms with Crippen LogP contribution in [-0.2, 0) is 6.54 Å². The highest BCUT2D eigenvalue weighted by Crippen LogP contribution is 2.16. The Labute approximate surface area is 142 Å². The molecule has 2 N–H and O–H groups in total. The monoisotopic (exact) mass is 328 g/mol. The van der Waals surface area contributed by atoms with Crippen LogP contribution in [0.25, 0.3) is 5.69 Å². The van der Waals surface area contributed by atoms with E-state index in [0.717, 1.165) is 36.1 Å². The summed E-state index contributed by atoms with van der Waals surface area (Å²) in [5, 5.41) is 8.31. The van der Waals surface area contributed by atoms with Crippen LogP contribution in [0.3, 0.4) is 0 Å². The fourth-order valence-corrected chi connectivity index (χ4v) is 2.73. The van der Waals surface area contributed by atoms with Gasteiger partial charge in [-0.25, -0.2) is 9.67 Å². The zero-order valence-electron chi connectivity index (χ0n) is 14.2. The second-order valence-corrected chi connectivity index (χ2v) is 6.20. The van der Waals surface area contributed by atoms with Crippen molar-refractivity contribution in [1.29, 1.82) is 0 Å². The molecular formula is C17H24N6O. The van der Waals surface area contributed by atoms with Crippen LogP contribution in [-0.4, -0.2) is 46.1 Å². The summed E-state index contributed by atoms with van der Waals surface area (Å²) in [5.41, 5.74) is 7.82. The Morgan fingerprint density at radius 2 is 2.00 bits per heavy atom. The summed E-state index contributed by atoms with van der Waals surface area (Å²) in [5.74, 6) is 2.19. The lowest BCUT2D eigenvalue weighted by Gasteiger charge is -2.30. The molecule has 0 bridgehead atoms. The van der Waals surface area contributed by atoms with Crippen LogP contribution in [0.2, 0.25) is 0 Å². The van der Waals surface area contributed by atoms with Crippen molar-refractivity contribution in [2.24, 2.45) is 16.6 Å². The molecule has 1 fully saturated rings. The summed E-state index contributed by atoms with van der Waals surface area (Å²) >= 11 is 0. The lowest BCUT2D eigenvalue weighted by atomic mass is 10.00. The predicted octanol–water partition coefficient (Wildman–Crippen LogP) is 1.82. The molecule has 7 nitrogen and oxygen atoms in total. The van der Waals surface area contributed by atoms with E-state index >= 15 is 0 Å². The molecule has 128 valence electrons. The topological polar surface area (TPSA) is 81.6 Å². The van der Waals surface area contributed by atoms with E-state index in [1.54, 1.807) is 11.8 Å². The lowest BCUT2D eigenvalue weighted by molar-refractivity contribution is 0.277. The molecule has 1 aromatic heterocycles. The first-order valence-corrected chi connectivity index (χ1v) is 8.26. The van der Waals surface area contributed by atoms with Crippen LogP contribution in [0.5, 0.6) is 5.75 Å². The lowest BCUT2D eigenvalue weighted by Crippen LogP contribution is -2.42. The Kier molecular flexibility index (Phi) is 4.98. The highest BCUT2D eigenvalue weighted by Gasteiger charge is 2.17. The minimum atomic E-state index is 0.439. The summed E-state index contributed by atoms with van der Waals surface area (Å²) in [6.07, 6.45) is 4.21. The van der Waals surface area contributed by atoms with Crippen molar-refractivity contribution >= 4 is 5.96 Å². The second-order valence-electron chi connectivity index (χ2n) is 6.20. The van der Waals surface area contributed by atoms with Crippen molar-refractivity contribution in [1.82, 2.24) is 19.9 Å². The number of methoxy groups -OCH3 is 1. The third-order valence-corrected chi connectivity index (χ3v) is 4.39. The zero-order valence-corrected chi connectivity index (χ0v) is 14.2. The SMILES string of the molecule is COc1ccc(-n2cc(CN=C(N)N3CCC(C)CC3)nn2)cc1. The van der Waals surface area contributed by atoms with Gasteiger partial charge in [-0.1, -0.05) is 12.1 Å². The van der Waals surface area contributed by atoms with Gasteiger partial charge in [0.25, 0.3) is 0 Å². The smallest absolute Gasteiger partial charge is 0.191 e.